The SMILES string of the molecule is CCS(=O)(=O)C1CCC(=O)C1C. The number of carbonyl (C=O) groups excluding carboxylic acids is 1. The van der Waals surface area contributed by atoms with Gasteiger partial charge in [-0.05, 0) is 6.42 Å². The van der Waals surface area contributed by atoms with Crippen LogP contribution in [-0.4, -0.2) is 25.2 Å². The lowest BCUT2D eigenvalue weighted by atomic mass is 10.1. The van der Waals surface area contributed by atoms with Crippen molar-refractivity contribution in [1.82, 2.24) is 0 Å². The second kappa shape index (κ2) is 3.17. The molecule has 0 aromatic heterocycles. The fourth-order valence-corrected chi connectivity index (χ4v) is 3.35. The Bertz CT molecular complexity index is 279. The lowest BCUT2D eigenvalue weighted by Crippen LogP contribution is -2.27. The molecule has 1 saturated carbocycles. The highest BCUT2D eigenvalue weighted by Gasteiger charge is 2.38. The van der Waals surface area contributed by atoms with E-state index in [4.69, 9.17) is 0 Å². The predicted molar refractivity (Wildman–Crippen MR) is 46.7 cm³/mol. The third-order valence-corrected chi connectivity index (χ3v) is 4.98. The first-order valence-electron chi connectivity index (χ1n) is 4.23. The lowest BCUT2D eigenvalue weighted by Gasteiger charge is -2.12. The van der Waals surface area contributed by atoms with E-state index >= 15 is 0 Å². The Morgan fingerprint density at radius 1 is 1.50 bits per heavy atom. The maximum absolute atomic E-state index is 11.4. The Morgan fingerprint density at radius 3 is 2.42 bits per heavy atom. The Hall–Kier alpha value is -0.380. The van der Waals surface area contributed by atoms with Gasteiger partial charge in [-0.1, -0.05) is 13.8 Å². The zero-order chi connectivity index (χ0) is 9.35. The molecule has 3 nitrogen and oxygen atoms in total. The molecule has 0 amide bonds. The summed E-state index contributed by atoms with van der Waals surface area (Å²) in [5.74, 6) is -0.0399. The summed E-state index contributed by atoms with van der Waals surface area (Å²) in [6.45, 7) is 3.35. The molecule has 0 aromatic rings. The highest BCUT2D eigenvalue weighted by atomic mass is 32.2. The van der Waals surface area contributed by atoms with Gasteiger partial charge in [0.15, 0.2) is 9.84 Å². The van der Waals surface area contributed by atoms with Gasteiger partial charge < -0.3 is 0 Å². The molecule has 2 unspecified atom stereocenters. The minimum absolute atomic E-state index is 0.0945. The van der Waals surface area contributed by atoms with Crippen LogP contribution < -0.4 is 0 Å². The first kappa shape index (κ1) is 9.71. The fourth-order valence-electron chi connectivity index (χ4n) is 1.67. The van der Waals surface area contributed by atoms with Crippen molar-refractivity contribution in [2.75, 3.05) is 5.75 Å². The Morgan fingerprint density at radius 2 is 2.08 bits per heavy atom. The predicted octanol–water partition coefficient (Wildman–Crippen LogP) is 0.789. The standard InChI is InChI=1S/C8H14O3S/c1-3-12(10,11)8-5-4-7(9)6(8)2/h6,8H,3-5H2,1-2H3. The smallest absolute Gasteiger partial charge is 0.153 e. The van der Waals surface area contributed by atoms with Crippen LogP contribution in [0.25, 0.3) is 0 Å². The van der Waals surface area contributed by atoms with Crippen LogP contribution in [0, 0.1) is 5.92 Å². The van der Waals surface area contributed by atoms with Crippen molar-refractivity contribution in [3.05, 3.63) is 0 Å². The number of carbonyl (C=O) groups is 1. The van der Waals surface area contributed by atoms with E-state index in [9.17, 15) is 13.2 Å². The van der Waals surface area contributed by atoms with Crippen molar-refractivity contribution in [1.29, 1.82) is 0 Å². The number of hydrogen-bond donors (Lipinski definition) is 0. The van der Waals surface area contributed by atoms with E-state index in [1.165, 1.54) is 0 Å². The van der Waals surface area contributed by atoms with Crippen molar-refractivity contribution < 1.29 is 13.2 Å². The number of hydrogen-bond acceptors (Lipinski definition) is 3. The molecule has 0 N–H and O–H groups in total. The van der Waals surface area contributed by atoms with Crippen molar-refractivity contribution >= 4 is 15.6 Å². The summed E-state index contributed by atoms with van der Waals surface area (Å²) in [6.07, 6.45) is 0.960. The van der Waals surface area contributed by atoms with Crippen LogP contribution in [0.15, 0.2) is 0 Å². The molecular formula is C8H14O3S. The van der Waals surface area contributed by atoms with Crippen LogP contribution >= 0.6 is 0 Å². The Balaban J connectivity index is 2.86. The molecule has 2 atom stereocenters. The quantitative estimate of drug-likeness (QED) is 0.647. The maximum atomic E-state index is 11.4. The van der Waals surface area contributed by atoms with Gasteiger partial charge in [0.05, 0.1) is 5.25 Å². The Labute approximate surface area is 73.1 Å². The van der Waals surface area contributed by atoms with E-state index in [0.717, 1.165) is 0 Å². The average Bonchev–Trinajstić information content (AvgIpc) is 2.33. The molecule has 0 radical (unpaired) electrons. The first-order chi connectivity index (χ1) is 5.49. The van der Waals surface area contributed by atoms with Gasteiger partial charge in [-0.15, -0.1) is 0 Å². The normalized spacial score (nSPS) is 31.0. The molecule has 0 aromatic carbocycles. The summed E-state index contributed by atoms with van der Waals surface area (Å²) in [5.41, 5.74) is 0. The molecule has 0 spiro atoms. The molecule has 1 aliphatic rings. The lowest BCUT2D eigenvalue weighted by molar-refractivity contribution is -0.120. The summed E-state index contributed by atoms with van der Waals surface area (Å²) >= 11 is 0. The zero-order valence-electron chi connectivity index (χ0n) is 7.41. The molecule has 1 aliphatic carbocycles. The van der Waals surface area contributed by atoms with Gasteiger partial charge in [-0.25, -0.2) is 8.42 Å². The highest BCUT2D eigenvalue weighted by molar-refractivity contribution is 7.92. The zero-order valence-corrected chi connectivity index (χ0v) is 8.23. The summed E-state index contributed by atoms with van der Waals surface area (Å²) in [7, 11) is -3.00. The van der Waals surface area contributed by atoms with Crippen LogP contribution in [0.5, 0.6) is 0 Å². The van der Waals surface area contributed by atoms with Crippen molar-refractivity contribution in [2.45, 2.75) is 31.9 Å². The summed E-state index contributed by atoms with van der Waals surface area (Å²) in [6, 6.07) is 0. The van der Waals surface area contributed by atoms with Crippen LogP contribution in [0.3, 0.4) is 0 Å². The highest BCUT2D eigenvalue weighted by Crippen LogP contribution is 2.28. The van der Waals surface area contributed by atoms with Crippen LogP contribution in [0.2, 0.25) is 0 Å². The van der Waals surface area contributed by atoms with Crippen molar-refractivity contribution in [3.8, 4) is 0 Å². The van der Waals surface area contributed by atoms with E-state index < -0.39 is 15.1 Å². The maximum Gasteiger partial charge on any atom is 0.153 e. The number of Topliss-reactive ketones (excluding diaryl/α,β-unsaturated/α-hetero) is 1. The molecule has 0 saturated heterocycles. The molecule has 1 fully saturated rings. The van der Waals surface area contributed by atoms with Gasteiger partial charge in [0.1, 0.15) is 5.78 Å². The number of rotatable bonds is 2. The van der Waals surface area contributed by atoms with E-state index in [2.05, 4.69) is 0 Å². The second-order valence-electron chi connectivity index (χ2n) is 3.28. The topological polar surface area (TPSA) is 51.2 Å². The first-order valence-corrected chi connectivity index (χ1v) is 5.95. The van der Waals surface area contributed by atoms with E-state index in [0.29, 0.717) is 12.8 Å². The van der Waals surface area contributed by atoms with Crippen molar-refractivity contribution in [3.63, 3.8) is 0 Å². The van der Waals surface area contributed by atoms with Gasteiger partial charge in [0.2, 0.25) is 0 Å². The van der Waals surface area contributed by atoms with Gasteiger partial charge in [0.25, 0.3) is 0 Å². The third-order valence-electron chi connectivity index (χ3n) is 2.60. The summed E-state index contributed by atoms with van der Waals surface area (Å²) < 4.78 is 22.8. The monoisotopic (exact) mass is 190 g/mol. The van der Waals surface area contributed by atoms with Crippen molar-refractivity contribution in [2.24, 2.45) is 5.92 Å². The minimum Gasteiger partial charge on any atom is -0.299 e. The Kier molecular flexibility index (Phi) is 2.56. The van der Waals surface area contributed by atoms with Crippen LogP contribution in [0.1, 0.15) is 26.7 Å². The molecule has 70 valence electrons. The van der Waals surface area contributed by atoms with Gasteiger partial charge in [0, 0.05) is 18.1 Å². The minimum atomic E-state index is -3.00. The van der Waals surface area contributed by atoms with E-state index in [1.54, 1.807) is 13.8 Å². The molecule has 0 bridgehead atoms. The average molecular weight is 190 g/mol. The summed E-state index contributed by atoms with van der Waals surface area (Å²) in [5, 5.41) is -0.407. The largest absolute Gasteiger partial charge is 0.299 e. The molecule has 4 heteroatoms. The third kappa shape index (κ3) is 1.53. The van der Waals surface area contributed by atoms with Crippen LogP contribution in [0.4, 0.5) is 0 Å². The van der Waals surface area contributed by atoms with Gasteiger partial charge in [-0.2, -0.15) is 0 Å². The van der Waals surface area contributed by atoms with Gasteiger partial charge >= 0.3 is 0 Å². The van der Waals surface area contributed by atoms with E-state index in [1.807, 2.05) is 0 Å². The molecule has 0 aliphatic heterocycles. The molecule has 1 rings (SSSR count). The fraction of sp³-hybridized carbons (Fsp3) is 0.875. The molecule has 12 heavy (non-hydrogen) atoms. The van der Waals surface area contributed by atoms with Crippen LogP contribution in [-0.2, 0) is 14.6 Å². The number of ketones is 1. The number of sulfone groups is 1. The second-order valence-corrected chi connectivity index (χ2v) is 5.79. The molecular weight excluding hydrogens is 176 g/mol. The molecule has 0 heterocycles. The summed E-state index contributed by atoms with van der Waals surface area (Å²) in [4.78, 5) is 11.1. The van der Waals surface area contributed by atoms with Gasteiger partial charge in [-0.3, -0.25) is 4.79 Å². The van der Waals surface area contributed by atoms with E-state index in [-0.39, 0.29) is 17.5 Å².